The van der Waals surface area contributed by atoms with Gasteiger partial charge in [0.25, 0.3) is 5.91 Å². The molecule has 0 atom stereocenters. The number of hydrogen-bond donors (Lipinski definition) is 1. The smallest absolute Gasteiger partial charge is 0.275 e. The molecule has 4 aromatic rings. The van der Waals surface area contributed by atoms with E-state index in [9.17, 15) is 4.79 Å². The molecule has 5 heteroatoms. The van der Waals surface area contributed by atoms with Crippen molar-refractivity contribution in [2.75, 3.05) is 11.9 Å². The maximum Gasteiger partial charge on any atom is 0.275 e. The lowest BCUT2D eigenvalue weighted by Crippen LogP contribution is -2.15. The van der Waals surface area contributed by atoms with Gasteiger partial charge in [-0.15, -0.1) is 0 Å². The Morgan fingerprint density at radius 2 is 1.43 bits per heavy atom. The molecular weight excluding hydrogens is 374 g/mol. The number of carbonyl (C=O) groups is 1. The van der Waals surface area contributed by atoms with Crippen LogP contribution < -0.4 is 10.1 Å². The van der Waals surface area contributed by atoms with Crippen LogP contribution in [-0.2, 0) is 0 Å². The first-order valence-corrected chi connectivity index (χ1v) is 9.76. The third-order valence-corrected chi connectivity index (χ3v) is 4.52. The minimum Gasteiger partial charge on any atom is -0.494 e. The van der Waals surface area contributed by atoms with Gasteiger partial charge in [-0.1, -0.05) is 60.7 Å². The summed E-state index contributed by atoms with van der Waals surface area (Å²) in [6.07, 6.45) is 1.51. The second-order valence-corrected chi connectivity index (χ2v) is 6.60. The van der Waals surface area contributed by atoms with Crippen LogP contribution in [0.2, 0.25) is 0 Å². The van der Waals surface area contributed by atoms with Gasteiger partial charge >= 0.3 is 0 Å². The van der Waals surface area contributed by atoms with Gasteiger partial charge in [0.05, 0.1) is 24.2 Å². The summed E-state index contributed by atoms with van der Waals surface area (Å²) in [6, 6.07) is 26.8. The topological polar surface area (TPSA) is 64.1 Å². The van der Waals surface area contributed by atoms with Gasteiger partial charge in [0.2, 0.25) is 0 Å². The Labute approximate surface area is 175 Å². The van der Waals surface area contributed by atoms with Crippen LogP contribution in [0.15, 0.2) is 91.1 Å². The monoisotopic (exact) mass is 395 g/mol. The molecule has 0 unspecified atom stereocenters. The van der Waals surface area contributed by atoms with Gasteiger partial charge in [-0.25, -0.2) is 4.98 Å². The number of amides is 1. The molecule has 4 rings (SSSR count). The summed E-state index contributed by atoms with van der Waals surface area (Å²) in [7, 11) is 0. The van der Waals surface area contributed by atoms with Gasteiger partial charge in [0.1, 0.15) is 11.4 Å². The van der Waals surface area contributed by atoms with Crippen LogP contribution in [0, 0.1) is 0 Å². The third-order valence-electron chi connectivity index (χ3n) is 4.52. The summed E-state index contributed by atoms with van der Waals surface area (Å²) >= 11 is 0. The number of benzene rings is 3. The molecule has 3 aromatic carbocycles. The fourth-order valence-electron chi connectivity index (χ4n) is 3.10. The highest BCUT2D eigenvalue weighted by atomic mass is 16.5. The van der Waals surface area contributed by atoms with Crippen LogP contribution in [0.25, 0.3) is 22.5 Å². The Morgan fingerprint density at radius 3 is 2.03 bits per heavy atom. The van der Waals surface area contributed by atoms with E-state index < -0.39 is 0 Å². The zero-order valence-electron chi connectivity index (χ0n) is 16.6. The lowest BCUT2D eigenvalue weighted by molar-refractivity contribution is 0.102. The number of hydrogen-bond acceptors (Lipinski definition) is 4. The first-order valence-electron chi connectivity index (χ1n) is 9.76. The molecule has 5 nitrogen and oxygen atoms in total. The molecule has 0 bridgehead atoms. The maximum atomic E-state index is 12.8. The maximum absolute atomic E-state index is 12.8. The van der Waals surface area contributed by atoms with E-state index in [-0.39, 0.29) is 11.6 Å². The Kier molecular flexibility index (Phi) is 5.80. The lowest BCUT2D eigenvalue weighted by Gasteiger charge is -2.11. The average Bonchev–Trinajstić information content (AvgIpc) is 2.81. The number of carbonyl (C=O) groups excluding carboxylic acids is 1. The number of nitrogens with one attached hydrogen (secondary N) is 1. The van der Waals surface area contributed by atoms with Crippen LogP contribution in [0.4, 0.5) is 5.69 Å². The molecule has 1 aromatic heterocycles. The normalized spacial score (nSPS) is 10.4. The predicted octanol–water partition coefficient (Wildman–Crippen LogP) is 5.46. The molecule has 1 heterocycles. The van der Waals surface area contributed by atoms with Gasteiger partial charge in [-0.2, -0.15) is 0 Å². The fourth-order valence-corrected chi connectivity index (χ4v) is 3.10. The molecule has 1 amide bonds. The second-order valence-electron chi connectivity index (χ2n) is 6.60. The molecule has 0 aliphatic rings. The van der Waals surface area contributed by atoms with E-state index in [1.165, 1.54) is 6.20 Å². The van der Waals surface area contributed by atoms with Gasteiger partial charge in [0.15, 0.2) is 0 Å². The number of anilines is 1. The Morgan fingerprint density at radius 1 is 0.833 bits per heavy atom. The van der Waals surface area contributed by atoms with E-state index >= 15 is 0 Å². The fraction of sp³-hybridized carbons (Fsp3) is 0.0800. The number of nitrogens with zero attached hydrogens (tertiary/aromatic N) is 2. The van der Waals surface area contributed by atoms with Crippen LogP contribution >= 0.6 is 0 Å². The summed E-state index contributed by atoms with van der Waals surface area (Å²) in [5.74, 6) is 0.442. The van der Waals surface area contributed by atoms with E-state index in [0.717, 1.165) is 22.6 Å². The summed E-state index contributed by atoms with van der Waals surface area (Å²) in [4.78, 5) is 22.1. The van der Waals surface area contributed by atoms with E-state index in [2.05, 4.69) is 15.3 Å². The first-order chi connectivity index (χ1) is 14.7. The van der Waals surface area contributed by atoms with Crippen LogP contribution in [0.5, 0.6) is 5.75 Å². The molecule has 0 radical (unpaired) electrons. The van der Waals surface area contributed by atoms with Crippen LogP contribution in [0.3, 0.4) is 0 Å². The van der Waals surface area contributed by atoms with Gasteiger partial charge in [0, 0.05) is 16.8 Å². The Balaban J connectivity index is 1.66. The predicted molar refractivity (Wildman–Crippen MR) is 118 cm³/mol. The highest BCUT2D eigenvalue weighted by molar-refractivity contribution is 6.03. The largest absolute Gasteiger partial charge is 0.494 e. The zero-order chi connectivity index (χ0) is 20.8. The quantitative estimate of drug-likeness (QED) is 0.471. The van der Waals surface area contributed by atoms with E-state index in [1.807, 2.05) is 79.7 Å². The first kappa shape index (κ1) is 19.3. The minimum absolute atomic E-state index is 0.252. The van der Waals surface area contributed by atoms with Crippen LogP contribution in [0.1, 0.15) is 17.4 Å². The van der Waals surface area contributed by atoms with Gasteiger partial charge < -0.3 is 10.1 Å². The van der Waals surface area contributed by atoms with E-state index in [4.69, 9.17) is 4.74 Å². The summed E-state index contributed by atoms with van der Waals surface area (Å²) in [5.41, 5.74) is 4.17. The van der Waals surface area contributed by atoms with Crippen molar-refractivity contribution in [3.05, 3.63) is 96.8 Å². The van der Waals surface area contributed by atoms with Crippen molar-refractivity contribution in [1.29, 1.82) is 0 Å². The van der Waals surface area contributed by atoms with Crippen molar-refractivity contribution >= 4 is 11.6 Å². The molecule has 0 aliphatic carbocycles. The lowest BCUT2D eigenvalue weighted by atomic mass is 10.0. The van der Waals surface area contributed by atoms with Crippen molar-refractivity contribution in [3.8, 4) is 28.3 Å². The SMILES string of the molecule is CCOc1ccc(NC(=O)c2cnc(-c3ccccc3)c(-c3ccccc3)n2)cc1. The summed E-state index contributed by atoms with van der Waals surface area (Å²) in [5, 5.41) is 2.87. The van der Waals surface area contributed by atoms with E-state index in [1.54, 1.807) is 12.1 Å². The van der Waals surface area contributed by atoms with Crippen molar-refractivity contribution in [2.24, 2.45) is 0 Å². The van der Waals surface area contributed by atoms with E-state index in [0.29, 0.717) is 18.0 Å². The van der Waals surface area contributed by atoms with Gasteiger partial charge in [-0.3, -0.25) is 9.78 Å². The molecule has 148 valence electrons. The van der Waals surface area contributed by atoms with Crippen molar-refractivity contribution < 1.29 is 9.53 Å². The molecular formula is C25H21N3O2. The molecule has 30 heavy (non-hydrogen) atoms. The van der Waals surface area contributed by atoms with Crippen molar-refractivity contribution in [1.82, 2.24) is 9.97 Å². The molecule has 0 aliphatic heterocycles. The van der Waals surface area contributed by atoms with Gasteiger partial charge in [-0.05, 0) is 31.2 Å². The number of ether oxygens (including phenoxy) is 1. The third kappa shape index (κ3) is 4.36. The second kappa shape index (κ2) is 9.01. The highest BCUT2D eigenvalue weighted by Crippen LogP contribution is 2.28. The van der Waals surface area contributed by atoms with Crippen LogP contribution in [-0.4, -0.2) is 22.5 Å². The molecule has 0 fully saturated rings. The summed E-state index contributed by atoms with van der Waals surface area (Å²) in [6.45, 7) is 2.52. The number of aromatic nitrogens is 2. The summed E-state index contributed by atoms with van der Waals surface area (Å²) < 4.78 is 5.44. The molecule has 1 N–H and O–H groups in total. The Hall–Kier alpha value is -3.99. The standard InChI is InChI=1S/C25H21N3O2/c1-2-30-21-15-13-20(14-16-21)27-25(29)22-17-26-23(18-9-5-3-6-10-18)24(28-22)19-11-7-4-8-12-19/h3-17H,2H2,1H3,(H,27,29). The molecule has 0 spiro atoms. The average molecular weight is 395 g/mol. The van der Waals surface area contributed by atoms with Crippen molar-refractivity contribution in [3.63, 3.8) is 0 Å². The molecule has 0 saturated carbocycles. The number of rotatable bonds is 6. The Bertz CT molecular complexity index is 1130. The molecule has 0 saturated heterocycles. The van der Waals surface area contributed by atoms with Crippen molar-refractivity contribution in [2.45, 2.75) is 6.92 Å². The minimum atomic E-state index is -0.316. The highest BCUT2D eigenvalue weighted by Gasteiger charge is 2.16. The zero-order valence-corrected chi connectivity index (χ0v) is 16.6.